The maximum absolute atomic E-state index is 12.4. The second-order valence-electron chi connectivity index (χ2n) is 5.84. The molecule has 0 aliphatic rings. The van der Waals surface area contributed by atoms with Crippen LogP contribution in [-0.2, 0) is 14.3 Å². The third kappa shape index (κ3) is 7.52. The Morgan fingerprint density at radius 1 is 1.00 bits per heavy atom. The SMILES string of the molecule is CCCCCCCC(I)c1ccccc1S(=O)(=O)OCCCC. The Kier molecular flexibility index (Phi) is 10.4. The molecular weight excluding hydrogens is 423 g/mol. The summed E-state index contributed by atoms with van der Waals surface area (Å²) in [4.78, 5) is 0.337. The van der Waals surface area contributed by atoms with E-state index in [1.807, 2.05) is 19.1 Å². The van der Waals surface area contributed by atoms with Crippen LogP contribution in [0.25, 0.3) is 0 Å². The summed E-state index contributed by atoms with van der Waals surface area (Å²) in [5.41, 5.74) is 0.875. The lowest BCUT2D eigenvalue weighted by Gasteiger charge is -2.15. The Morgan fingerprint density at radius 3 is 2.35 bits per heavy atom. The van der Waals surface area contributed by atoms with Crippen LogP contribution in [0.2, 0.25) is 0 Å². The summed E-state index contributed by atoms with van der Waals surface area (Å²) in [6, 6.07) is 7.26. The largest absolute Gasteiger partial charge is 0.297 e. The van der Waals surface area contributed by atoms with Gasteiger partial charge in [0.25, 0.3) is 10.1 Å². The molecule has 0 aliphatic heterocycles. The number of halogens is 1. The fourth-order valence-corrected chi connectivity index (χ4v) is 4.83. The Hall–Kier alpha value is -0.140. The molecule has 1 unspecified atom stereocenters. The smallest absolute Gasteiger partial charge is 0.266 e. The molecule has 0 fully saturated rings. The summed E-state index contributed by atoms with van der Waals surface area (Å²) in [6.45, 7) is 4.49. The van der Waals surface area contributed by atoms with Crippen LogP contribution in [0.15, 0.2) is 29.2 Å². The van der Waals surface area contributed by atoms with Crippen molar-refractivity contribution in [3.8, 4) is 0 Å². The number of alkyl halides is 1. The van der Waals surface area contributed by atoms with Gasteiger partial charge in [0.15, 0.2) is 0 Å². The summed E-state index contributed by atoms with van der Waals surface area (Å²) in [6.07, 6.45) is 8.82. The van der Waals surface area contributed by atoms with Crippen molar-refractivity contribution in [3.63, 3.8) is 0 Å². The molecule has 0 bridgehead atoms. The van der Waals surface area contributed by atoms with Crippen molar-refractivity contribution in [1.29, 1.82) is 0 Å². The van der Waals surface area contributed by atoms with Gasteiger partial charge in [0.1, 0.15) is 0 Å². The summed E-state index contributed by atoms with van der Waals surface area (Å²) in [7, 11) is -3.65. The van der Waals surface area contributed by atoms with Gasteiger partial charge in [-0.3, -0.25) is 4.18 Å². The van der Waals surface area contributed by atoms with Crippen LogP contribution >= 0.6 is 22.6 Å². The van der Waals surface area contributed by atoms with Gasteiger partial charge in [-0.25, -0.2) is 0 Å². The summed E-state index contributed by atoms with van der Waals surface area (Å²) < 4.78 is 30.2. The molecular formula is C18H29IO3S. The van der Waals surface area contributed by atoms with Crippen LogP contribution in [-0.4, -0.2) is 15.0 Å². The van der Waals surface area contributed by atoms with Crippen LogP contribution in [0.4, 0.5) is 0 Å². The van der Waals surface area contributed by atoms with Gasteiger partial charge in [-0.2, -0.15) is 8.42 Å². The first-order valence-corrected chi connectivity index (χ1v) is 11.3. The van der Waals surface area contributed by atoms with Gasteiger partial charge in [-0.05, 0) is 24.5 Å². The van der Waals surface area contributed by atoms with E-state index in [0.29, 0.717) is 4.90 Å². The van der Waals surface area contributed by atoms with Gasteiger partial charge in [0.05, 0.1) is 11.5 Å². The van der Waals surface area contributed by atoms with Crippen LogP contribution in [0.3, 0.4) is 0 Å². The highest BCUT2D eigenvalue weighted by Crippen LogP contribution is 2.34. The quantitative estimate of drug-likeness (QED) is 0.168. The van der Waals surface area contributed by atoms with E-state index >= 15 is 0 Å². The predicted octanol–water partition coefficient (Wildman–Crippen LogP) is 6.03. The van der Waals surface area contributed by atoms with E-state index in [4.69, 9.17) is 4.18 Å². The third-order valence-corrected chi connectivity index (χ3v) is 6.50. The molecule has 0 spiro atoms. The zero-order chi connectivity index (χ0) is 17.1. The zero-order valence-electron chi connectivity index (χ0n) is 14.3. The lowest BCUT2D eigenvalue weighted by molar-refractivity contribution is 0.310. The Morgan fingerprint density at radius 2 is 1.65 bits per heavy atom. The van der Waals surface area contributed by atoms with Crippen LogP contribution < -0.4 is 0 Å². The number of unbranched alkanes of at least 4 members (excludes halogenated alkanes) is 5. The average Bonchev–Trinajstić information content (AvgIpc) is 2.54. The van der Waals surface area contributed by atoms with Gasteiger partial charge in [-0.15, -0.1) is 0 Å². The van der Waals surface area contributed by atoms with E-state index in [1.165, 1.54) is 25.7 Å². The lowest BCUT2D eigenvalue weighted by atomic mass is 10.0. The first-order valence-electron chi connectivity index (χ1n) is 8.65. The Balaban J connectivity index is 2.72. The van der Waals surface area contributed by atoms with E-state index in [-0.39, 0.29) is 10.5 Å². The second-order valence-corrected chi connectivity index (χ2v) is 8.93. The molecule has 0 saturated carbocycles. The standard InChI is InChI=1S/C18H29IO3S/c1-3-5-7-8-9-13-17(19)16-12-10-11-14-18(16)23(20,21)22-15-6-4-2/h10-12,14,17H,3-9,13,15H2,1-2H3. The molecule has 0 radical (unpaired) electrons. The van der Waals surface area contributed by atoms with Gasteiger partial charge in [0.2, 0.25) is 0 Å². The average molecular weight is 452 g/mol. The molecule has 132 valence electrons. The molecule has 23 heavy (non-hydrogen) atoms. The van der Waals surface area contributed by atoms with Crippen LogP contribution in [0.5, 0.6) is 0 Å². The molecule has 1 aromatic rings. The monoisotopic (exact) mass is 452 g/mol. The minimum Gasteiger partial charge on any atom is -0.266 e. The third-order valence-electron chi connectivity index (χ3n) is 3.82. The van der Waals surface area contributed by atoms with Gasteiger partial charge in [0, 0.05) is 3.92 Å². The lowest BCUT2D eigenvalue weighted by Crippen LogP contribution is -2.11. The van der Waals surface area contributed by atoms with Gasteiger partial charge in [-0.1, -0.05) is 93.2 Å². The molecule has 1 aromatic carbocycles. The molecule has 0 aromatic heterocycles. The maximum Gasteiger partial charge on any atom is 0.297 e. The van der Waals surface area contributed by atoms with Gasteiger partial charge >= 0.3 is 0 Å². The molecule has 0 saturated heterocycles. The number of rotatable bonds is 12. The number of hydrogen-bond acceptors (Lipinski definition) is 3. The number of benzene rings is 1. The van der Waals surface area contributed by atoms with Crippen molar-refractivity contribution in [2.45, 2.75) is 74.0 Å². The van der Waals surface area contributed by atoms with Crippen molar-refractivity contribution < 1.29 is 12.6 Å². The van der Waals surface area contributed by atoms with Crippen molar-refractivity contribution >= 4 is 32.7 Å². The van der Waals surface area contributed by atoms with Crippen molar-refractivity contribution in [3.05, 3.63) is 29.8 Å². The van der Waals surface area contributed by atoms with E-state index in [2.05, 4.69) is 29.5 Å². The van der Waals surface area contributed by atoms with Crippen molar-refractivity contribution in [1.82, 2.24) is 0 Å². The normalized spacial score (nSPS) is 13.2. The minimum atomic E-state index is -3.65. The fraction of sp³-hybridized carbons (Fsp3) is 0.667. The highest BCUT2D eigenvalue weighted by atomic mass is 127. The molecule has 0 aliphatic carbocycles. The van der Waals surface area contributed by atoms with E-state index in [0.717, 1.165) is 31.2 Å². The molecule has 0 amide bonds. The fourth-order valence-electron chi connectivity index (χ4n) is 2.43. The summed E-state index contributed by atoms with van der Waals surface area (Å²) in [5, 5.41) is 0. The van der Waals surface area contributed by atoms with Crippen molar-refractivity contribution in [2.75, 3.05) is 6.61 Å². The van der Waals surface area contributed by atoms with E-state index in [9.17, 15) is 8.42 Å². The van der Waals surface area contributed by atoms with Gasteiger partial charge < -0.3 is 0 Å². The van der Waals surface area contributed by atoms with Crippen LogP contribution in [0, 0.1) is 0 Å². The molecule has 0 heterocycles. The first kappa shape index (κ1) is 20.9. The van der Waals surface area contributed by atoms with E-state index in [1.54, 1.807) is 12.1 Å². The zero-order valence-corrected chi connectivity index (χ0v) is 17.2. The van der Waals surface area contributed by atoms with Crippen molar-refractivity contribution in [2.24, 2.45) is 0 Å². The Bertz CT molecular complexity index is 543. The minimum absolute atomic E-state index is 0.204. The molecule has 1 atom stereocenters. The molecule has 1 rings (SSSR count). The summed E-state index contributed by atoms with van der Waals surface area (Å²) in [5.74, 6) is 0. The highest BCUT2D eigenvalue weighted by molar-refractivity contribution is 14.1. The molecule has 3 nitrogen and oxygen atoms in total. The molecule has 5 heteroatoms. The molecule has 0 N–H and O–H groups in total. The highest BCUT2D eigenvalue weighted by Gasteiger charge is 2.22. The first-order chi connectivity index (χ1) is 11.0. The predicted molar refractivity (Wildman–Crippen MR) is 105 cm³/mol. The Labute approximate surface area is 155 Å². The van der Waals surface area contributed by atoms with Crippen LogP contribution in [0.1, 0.15) is 74.7 Å². The van der Waals surface area contributed by atoms with E-state index < -0.39 is 10.1 Å². The second kappa shape index (κ2) is 11.4. The maximum atomic E-state index is 12.4. The summed E-state index contributed by atoms with van der Waals surface area (Å²) >= 11 is 2.36. The topological polar surface area (TPSA) is 43.4 Å². The number of hydrogen-bond donors (Lipinski definition) is 0.